The molecule has 0 spiro atoms. The van der Waals surface area contributed by atoms with Crippen molar-refractivity contribution in [3.05, 3.63) is 35.9 Å². The standard InChI is InChI=1S/C16H24N2O/c1-13(2)15-8-10-18(11-9-15)16(19)17-12-14-6-4-3-5-7-14/h3-7,13,15H,8-12H2,1-2H3,(H,17,19). The maximum absolute atomic E-state index is 12.1. The van der Waals surface area contributed by atoms with Crippen molar-refractivity contribution < 1.29 is 4.79 Å². The van der Waals surface area contributed by atoms with Gasteiger partial charge in [0.25, 0.3) is 0 Å². The summed E-state index contributed by atoms with van der Waals surface area (Å²) >= 11 is 0. The Morgan fingerprint density at radius 1 is 1.26 bits per heavy atom. The van der Waals surface area contributed by atoms with Crippen LogP contribution in [-0.4, -0.2) is 24.0 Å². The molecule has 2 amide bonds. The highest BCUT2D eigenvalue weighted by atomic mass is 16.2. The second kappa shape index (κ2) is 6.60. The normalized spacial score (nSPS) is 16.7. The predicted octanol–water partition coefficient (Wildman–Crippen LogP) is 3.26. The molecular formula is C16H24N2O. The van der Waals surface area contributed by atoms with Crippen molar-refractivity contribution in [3.8, 4) is 0 Å². The van der Waals surface area contributed by atoms with Crippen molar-refractivity contribution in [1.82, 2.24) is 10.2 Å². The van der Waals surface area contributed by atoms with E-state index in [1.807, 2.05) is 35.2 Å². The molecule has 1 saturated heterocycles. The first-order chi connectivity index (χ1) is 9.16. The van der Waals surface area contributed by atoms with E-state index < -0.39 is 0 Å². The molecular weight excluding hydrogens is 236 g/mol. The minimum Gasteiger partial charge on any atom is -0.334 e. The number of likely N-dealkylation sites (tertiary alicyclic amines) is 1. The zero-order valence-corrected chi connectivity index (χ0v) is 11.9. The van der Waals surface area contributed by atoms with Gasteiger partial charge in [-0.3, -0.25) is 0 Å². The Morgan fingerprint density at radius 2 is 1.89 bits per heavy atom. The molecule has 1 aromatic carbocycles. The average molecular weight is 260 g/mol. The SMILES string of the molecule is CC(C)C1CCN(C(=O)NCc2ccccc2)CC1. The number of benzene rings is 1. The number of urea groups is 1. The summed E-state index contributed by atoms with van der Waals surface area (Å²) in [6.45, 7) is 6.95. The Bertz CT molecular complexity index is 394. The highest BCUT2D eigenvalue weighted by molar-refractivity contribution is 5.74. The van der Waals surface area contributed by atoms with Gasteiger partial charge in [-0.25, -0.2) is 4.79 Å². The molecule has 1 aliphatic rings. The molecule has 3 heteroatoms. The fourth-order valence-corrected chi connectivity index (χ4v) is 2.65. The second-order valence-electron chi connectivity index (χ2n) is 5.71. The van der Waals surface area contributed by atoms with Gasteiger partial charge in [0.2, 0.25) is 0 Å². The topological polar surface area (TPSA) is 32.3 Å². The molecule has 0 aromatic heterocycles. The number of hydrogen-bond acceptors (Lipinski definition) is 1. The van der Waals surface area contributed by atoms with E-state index in [2.05, 4.69) is 19.2 Å². The minimum atomic E-state index is 0.0751. The molecule has 1 aromatic rings. The van der Waals surface area contributed by atoms with Gasteiger partial charge in [0.1, 0.15) is 0 Å². The van der Waals surface area contributed by atoms with E-state index in [4.69, 9.17) is 0 Å². The van der Waals surface area contributed by atoms with Crippen LogP contribution in [0.1, 0.15) is 32.3 Å². The van der Waals surface area contributed by atoms with Crippen LogP contribution in [0.25, 0.3) is 0 Å². The number of piperidine rings is 1. The van der Waals surface area contributed by atoms with Crippen molar-refractivity contribution in [2.24, 2.45) is 11.8 Å². The Labute approximate surface area is 116 Å². The summed E-state index contributed by atoms with van der Waals surface area (Å²) in [5.74, 6) is 1.51. The third-order valence-electron chi connectivity index (χ3n) is 4.06. The summed E-state index contributed by atoms with van der Waals surface area (Å²) in [4.78, 5) is 14.0. The van der Waals surface area contributed by atoms with Gasteiger partial charge in [0.05, 0.1) is 0 Å². The number of carbonyl (C=O) groups is 1. The van der Waals surface area contributed by atoms with Crippen molar-refractivity contribution >= 4 is 6.03 Å². The van der Waals surface area contributed by atoms with Crippen LogP contribution in [0.5, 0.6) is 0 Å². The molecule has 19 heavy (non-hydrogen) atoms. The first kappa shape index (κ1) is 13.9. The molecule has 0 unspecified atom stereocenters. The number of hydrogen-bond donors (Lipinski definition) is 1. The van der Waals surface area contributed by atoms with E-state index >= 15 is 0 Å². The zero-order chi connectivity index (χ0) is 13.7. The molecule has 0 radical (unpaired) electrons. The maximum atomic E-state index is 12.1. The van der Waals surface area contributed by atoms with Gasteiger partial charge in [0, 0.05) is 19.6 Å². The molecule has 2 rings (SSSR count). The van der Waals surface area contributed by atoms with Crippen molar-refractivity contribution in [1.29, 1.82) is 0 Å². The molecule has 0 atom stereocenters. The molecule has 0 bridgehead atoms. The van der Waals surface area contributed by atoms with Crippen LogP contribution in [0, 0.1) is 11.8 Å². The first-order valence-electron chi connectivity index (χ1n) is 7.23. The van der Waals surface area contributed by atoms with Gasteiger partial charge in [-0.05, 0) is 30.2 Å². The summed E-state index contributed by atoms with van der Waals surface area (Å²) in [5.41, 5.74) is 1.15. The van der Waals surface area contributed by atoms with Gasteiger partial charge in [0.15, 0.2) is 0 Å². The van der Waals surface area contributed by atoms with E-state index in [0.717, 1.165) is 43.3 Å². The first-order valence-corrected chi connectivity index (χ1v) is 7.23. The third-order valence-corrected chi connectivity index (χ3v) is 4.06. The van der Waals surface area contributed by atoms with Gasteiger partial charge >= 0.3 is 6.03 Å². The molecule has 3 nitrogen and oxygen atoms in total. The second-order valence-corrected chi connectivity index (χ2v) is 5.71. The summed E-state index contributed by atoms with van der Waals surface area (Å²) in [6, 6.07) is 10.1. The van der Waals surface area contributed by atoms with E-state index in [-0.39, 0.29) is 6.03 Å². The van der Waals surface area contributed by atoms with Gasteiger partial charge < -0.3 is 10.2 Å². The lowest BCUT2D eigenvalue weighted by Gasteiger charge is -2.33. The molecule has 1 aliphatic heterocycles. The molecule has 1 heterocycles. The predicted molar refractivity (Wildman–Crippen MR) is 77.8 cm³/mol. The number of rotatable bonds is 3. The molecule has 1 fully saturated rings. The van der Waals surface area contributed by atoms with Crippen LogP contribution in [-0.2, 0) is 6.54 Å². The Morgan fingerprint density at radius 3 is 2.47 bits per heavy atom. The lowest BCUT2D eigenvalue weighted by Crippen LogP contribution is -2.44. The summed E-state index contributed by atoms with van der Waals surface area (Å²) in [5, 5.41) is 3.00. The Kier molecular flexibility index (Phi) is 4.83. The molecule has 0 saturated carbocycles. The van der Waals surface area contributed by atoms with Crippen LogP contribution in [0.2, 0.25) is 0 Å². The van der Waals surface area contributed by atoms with E-state index in [1.165, 1.54) is 0 Å². The van der Waals surface area contributed by atoms with Crippen molar-refractivity contribution in [3.63, 3.8) is 0 Å². The van der Waals surface area contributed by atoms with E-state index in [9.17, 15) is 4.79 Å². The highest BCUT2D eigenvalue weighted by Crippen LogP contribution is 2.24. The fraction of sp³-hybridized carbons (Fsp3) is 0.562. The molecule has 104 valence electrons. The molecule has 0 aliphatic carbocycles. The Balaban J connectivity index is 1.76. The van der Waals surface area contributed by atoms with Crippen LogP contribution < -0.4 is 5.32 Å². The lowest BCUT2D eigenvalue weighted by atomic mass is 9.87. The quantitative estimate of drug-likeness (QED) is 0.889. The number of nitrogens with zero attached hydrogens (tertiary/aromatic N) is 1. The van der Waals surface area contributed by atoms with Gasteiger partial charge in [-0.1, -0.05) is 44.2 Å². The third kappa shape index (κ3) is 3.98. The van der Waals surface area contributed by atoms with E-state index in [1.54, 1.807) is 0 Å². The van der Waals surface area contributed by atoms with Crippen molar-refractivity contribution in [2.75, 3.05) is 13.1 Å². The van der Waals surface area contributed by atoms with Crippen molar-refractivity contribution in [2.45, 2.75) is 33.2 Å². The lowest BCUT2D eigenvalue weighted by molar-refractivity contribution is 0.156. The van der Waals surface area contributed by atoms with Gasteiger partial charge in [-0.2, -0.15) is 0 Å². The molecule has 1 N–H and O–H groups in total. The van der Waals surface area contributed by atoms with Crippen LogP contribution >= 0.6 is 0 Å². The van der Waals surface area contributed by atoms with Gasteiger partial charge in [-0.15, -0.1) is 0 Å². The Hall–Kier alpha value is -1.51. The van der Waals surface area contributed by atoms with Crippen LogP contribution in [0.15, 0.2) is 30.3 Å². The largest absolute Gasteiger partial charge is 0.334 e. The zero-order valence-electron chi connectivity index (χ0n) is 11.9. The summed E-state index contributed by atoms with van der Waals surface area (Å²) < 4.78 is 0. The summed E-state index contributed by atoms with van der Waals surface area (Å²) in [6.07, 6.45) is 2.27. The minimum absolute atomic E-state index is 0.0751. The maximum Gasteiger partial charge on any atom is 0.317 e. The highest BCUT2D eigenvalue weighted by Gasteiger charge is 2.24. The summed E-state index contributed by atoms with van der Waals surface area (Å²) in [7, 11) is 0. The number of carbonyl (C=O) groups excluding carboxylic acids is 1. The number of amides is 2. The number of nitrogens with one attached hydrogen (secondary N) is 1. The average Bonchev–Trinajstić information content (AvgIpc) is 2.46. The van der Waals surface area contributed by atoms with Crippen LogP contribution in [0.3, 0.4) is 0 Å². The monoisotopic (exact) mass is 260 g/mol. The fourth-order valence-electron chi connectivity index (χ4n) is 2.65. The smallest absolute Gasteiger partial charge is 0.317 e. The van der Waals surface area contributed by atoms with E-state index in [0.29, 0.717) is 6.54 Å². The van der Waals surface area contributed by atoms with Crippen LogP contribution in [0.4, 0.5) is 4.79 Å².